The van der Waals surface area contributed by atoms with Gasteiger partial charge in [-0.15, -0.1) is 12.3 Å². The molecule has 1 saturated heterocycles. The van der Waals surface area contributed by atoms with Crippen molar-refractivity contribution in [3.8, 4) is 18.0 Å². The van der Waals surface area contributed by atoms with Crippen LogP contribution >= 0.6 is 23.2 Å². The van der Waals surface area contributed by atoms with Gasteiger partial charge in [0.05, 0.1) is 17.6 Å². The average Bonchev–Trinajstić information content (AvgIpc) is 2.65. The Morgan fingerprint density at radius 1 is 1.23 bits per heavy atom. The van der Waals surface area contributed by atoms with E-state index >= 15 is 0 Å². The van der Waals surface area contributed by atoms with E-state index in [1.165, 1.54) is 4.68 Å². The molecule has 3 rings (SSSR count). The van der Waals surface area contributed by atoms with E-state index in [0.717, 1.165) is 44.7 Å². The summed E-state index contributed by atoms with van der Waals surface area (Å²) in [5.74, 6) is 2.66. The highest BCUT2D eigenvalue weighted by atomic mass is 35.5. The molecule has 0 saturated carbocycles. The van der Waals surface area contributed by atoms with Crippen molar-refractivity contribution >= 4 is 28.9 Å². The number of benzene rings is 1. The number of piperazine rings is 1. The fourth-order valence-corrected chi connectivity index (χ4v) is 3.40. The van der Waals surface area contributed by atoms with Crippen LogP contribution in [0.5, 0.6) is 0 Å². The molecule has 0 N–H and O–H groups in total. The minimum Gasteiger partial charge on any atom is -0.366 e. The normalized spacial score (nSPS) is 15.1. The van der Waals surface area contributed by atoms with Gasteiger partial charge in [0.2, 0.25) is 0 Å². The van der Waals surface area contributed by atoms with Crippen molar-refractivity contribution in [2.24, 2.45) is 0 Å². The highest BCUT2D eigenvalue weighted by molar-refractivity contribution is 6.33. The van der Waals surface area contributed by atoms with Crippen molar-refractivity contribution in [1.29, 1.82) is 0 Å². The van der Waals surface area contributed by atoms with E-state index in [9.17, 15) is 4.79 Å². The van der Waals surface area contributed by atoms with E-state index in [4.69, 9.17) is 29.6 Å². The summed E-state index contributed by atoms with van der Waals surface area (Å²) in [7, 11) is 0. The van der Waals surface area contributed by atoms with Crippen LogP contribution in [0.25, 0.3) is 5.69 Å². The maximum Gasteiger partial charge on any atom is 0.292 e. The van der Waals surface area contributed by atoms with E-state index in [1.54, 1.807) is 18.3 Å². The highest BCUT2D eigenvalue weighted by Gasteiger charge is 2.21. The molecule has 0 unspecified atom stereocenters. The van der Waals surface area contributed by atoms with Gasteiger partial charge in [0, 0.05) is 44.2 Å². The van der Waals surface area contributed by atoms with Crippen molar-refractivity contribution in [2.75, 3.05) is 37.6 Å². The number of rotatable bonds is 4. The van der Waals surface area contributed by atoms with E-state index in [1.807, 2.05) is 13.0 Å². The zero-order chi connectivity index (χ0) is 18.7. The summed E-state index contributed by atoms with van der Waals surface area (Å²) in [6.07, 6.45) is 7.72. The summed E-state index contributed by atoms with van der Waals surface area (Å²) >= 11 is 12.5. The smallest absolute Gasteiger partial charge is 0.292 e. The molecule has 1 aromatic carbocycles. The van der Waals surface area contributed by atoms with Gasteiger partial charge in [-0.1, -0.05) is 29.3 Å². The molecule has 1 aromatic heterocycles. The number of aryl methyl sites for hydroxylation is 1. The summed E-state index contributed by atoms with van der Waals surface area (Å²) in [5, 5.41) is 5.06. The van der Waals surface area contributed by atoms with E-state index in [0.29, 0.717) is 16.4 Å². The lowest BCUT2D eigenvalue weighted by molar-refractivity contribution is 0.264. The zero-order valence-electron chi connectivity index (χ0n) is 14.6. The number of terminal acetylenes is 1. The van der Waals surface area contributed by atoms with Gasteiger partial charge in [-0.2, -0.15) is 9.78 Å². The van der Waals surface area contributed by atoms with Gasteiger partial charge < -0.3 is 4.90 Å². The molecule has 0 amide bonds. The molecular weight excluding hydrogens is 371 g/mol. The number of hydrogen-bond acceptors (Lipinski definition) is 4. The molecule has 2 heterocycles. The fourth-order valence-electron chi connectivity index (χ4n) is 2.98. The Hall–Kier alpha value is -2.00. The van der Waals surface area contributed by atoms with Crippen LogP contribution in [0.2, 0.25) is 10.0 Å². The van der Waals surface area contributed by atoms with Crippen LogP contribution in [-0.4, -0.2) is 47.4 Å². The first-order valence-corrected chi connectivity index (χ1v) is 9.22. The Morgan fingerprint density at radius 3 is 2.62 bits per heavy atom. The molecule has 0 radical (unpaired) electrons. The SMILES string of the molecule is C#CCCN1CCN(c2cnn(-c3ccc(C)c(Cl)c3)c(=O)c2Cl)CC1. The number of hydrogen-bond donors (Lipinski definition) is 0. The Bertz CT molecular complexity index is 895. The number of nitrogens with zero attached hydrogens (tertiary/aromatic N) is 4. The monoisotopic (exact) mass is 390 g/mol. The van der Waals surface area contributed by atoms with Gasteiger partial charge in [0.15, 0.2) is 0 Å². The molecule has 1 fully saturated rings. The topological polar surface area (TPSA) is 41.4 Å². The molecular formula is C19H20Cl2N4O. The third-order valence-electron chi connectivity index (χ3n) is 4.59. The number of anilines is 1. The molecule has 5 nitrogen and oxygen atoms in total. The van der Waals surface area contributed by atoms with E-state index < -0.39 is 0 Å². The predicted molar refractivity (Wildman–Crippen MR) is 107 cm³/mol. The molecule has 2 aromatic rings. The second kappa shape index (κ2) is 8.13. The summed E-state index contributed by atoms with van der Waals surface area (Å²) in [4.78, 5) is 17.1. The Labute approximate surface area is 163 Å². The molecule has 0 atom stereocenters. The molecule has 0 bridgehead atoms. The molecule has 7 heteroatoms. The summed E-state index contributed by atoms with van der Waals surface area (Å²) in [6, 6.07) is 5.37. The summed E-state index contributed by atoms with van der Waals surface area (Å²) in [6.45, 7) is 6.13. The lowest BCUT2D eigenvalue weighted by Crippen LogP contribution is -2.47. The van der Waals surface area contributed by atoms with Crippen molar-refractivity contribution < 1.29 is 0 Å². The average molecular weight is 391 g/mol. The fraction of sp³-hybridized carbons (Fsp3) is 0.368. The minimum absolute atomic E-state index is 0.175. The molecule has 0 aliphatic carbocycles. The van der Waals surface area contributed by atoms with Crippen LogP contribution < -0.4 is 10.5 Å². The quantitative estimate of drug-likeness (QED) is 0.752. The molecule has 0 spiro atoms. The molecule has 1 aliphatic heterocycles. The van der Waals surface area contributed by atoms with Crippen molar-refractivity contribution in [2.45, 2.75) is 13.3 Å². The van der Waals surface area contributed by atoms with Crippen LogP contribution in [0.1, 0.15) is 12.0 Å². The van der Waals surface area contributed by atoms with Crippen molar-refractivity contribution in [1.82, 2.24) is 14.7 Å². The second-order valence-electron chi connectivity index (χ2n) is 6.28. The zero-order valence-corrected chi connectivity index (χ0v) is 16.1. The number of aromatic nitrogens is 2. The number of halogens is 2. The van der Waals surface area contributed by atoms with Crippen LogP contribution in [-0.2, 0) is 0 Å². The molecule has 136 valence electrons. The first kappa shape index (κ1) is 18.8. The Balaban J connectivity index is 1.81. The largest absolute Gasteiger partial charge is 0.366 e. The summed E-state index contributed by atoms with van der Waals surface area (Å²) in [5.41, 5.74) is 1.86. The van der Waals surface area contributed by atoms with E-state index in [2.05, 4.69) is 20.8 Å². The van der Waals surface area contributed by atoms with Gasteiger partial charge in [0.1, 0.15) is 5.02 Å². The first-order valence-electron chi connectivity index (χ1n) is 8.46. The second-order valence-corrected chi connectivity index (χ2v) is 7.06. The van der Waals surface area contributed by atoms with Gasteiger partial charge in [-0.25, -0.2) is 0 Å². The minimum atomic E-state index is -0.348. The van der Waals surface area contributed by atoms with Gasteiger partial charge in [0.25, 0.3) is 5.56 Å². The first-order chi connectivity index (χ1) is 12.5. The van der Waals surface area contributed by atoms with Crippen LogP contribution in [0.4, 0.5) is 5.69 Å². The standard InChI is InChI=1S/C19H20Cl2N4O/c1-3-4-7-23-8-10-24(11-9-23)17-13-22-25(19(26)18(17)21)15-6-5-14(2)16(20)12-15/h1,5-6,12-13H,4,7-11H2,2H3. The van der Waals surface area contributed by atoms with Crippen LogP contribution in [0.3, 0.4) is 0 Å². The third kappa shape index (κ3) is 3.88. The van der Waals surface area contributed by atoms with E-state index in [-0.39, 0.29) is 10.6 Å². The lowest BCUT2D eigenvalue weighted by atomic mass is 10.2. The van der Waals surface area contributed by atoms with Gasteiger partial charge >= 0.3 is 0 Å². The van der Waals surface area contributed by atoms with Gasteiger partial charge in [-0.05, 0) is 24.6 Å². The van der Waals surface area contributed by atoms with Crippen molar-refractivity contribution in [3.05, 3.63) is 50.4 Å². The third-order valence-corrected chi connectivity index (χ3v) is 5.35. The van der Waals surface area contributed by atoms with Gasteiger partial charge in [-0.3, -0.25) is 9.69 Å². The molecule has 26 heavy (non-hydrogen) atoms. The lowest BCUT2D eigenvalue weighted by Gasteiger charge is -2.35. The van der Waals surface area contributed by atoms with Crippen LogP contribution in [0.15, 0.2) is 29.2 Å². The maximum absolute atomic E-state index is 12.7. The Morgan fingerprint density at radius 2 is 1.96 bits per heavy atom. The summed E-state index contributed by atoms with van der Waals surface area (Å²) < 4.78 is 1.28. The van der Waals surface area contributed by atoms with Crippen LogP contribution in [0, 0.1) is 19.3 Å². The molecule has 1 aliphatic rings. The predicted octanol–water partition coefficient (Wildman–Crippen LogP) is 2.99. The Kier molecular flexibility index (Phi) is 5.87. The highest BCUT2D eigenvalue weighted by Crippen LogP contribution is 2.24. The van der Waals surface area contributed by atoms with Crippen molar-refractivity contribution in [3.63, 3.8) is 0 Å². The maximum atomic E-state index is 12.7.